The summed E-state index contributed by atoms with van der Waals surface area (Å²) >= 11 is 6.14. The van der Waals surface area contributed by atoms with E-state index in [4.69, 9.17) is 21.1 Å². The fourth-order valence-corrected chi connectivity index (χ4v) is 2.31. The minimum absolute atomic E-state index is 0.0179. The lowest BCUT2D eigenvalue weighted by molar-refractivity contribution is 0.0951. The number of nitrogens with zero attached hydrogens (tertiary/aromatic N) is 2. The van der Waals surface area contributed by atoms with Crippen LogP contribution in [0.1, 0.15) is 23.2 Å². The van der Waals surface area contributed by atoms with Crippen molar-refractivity contribution in [1.29, 1.82) is 0 Å². The maximum Gasteiger partial charge on any atom is 0.252 e. The van der Waals surface area contributed by atoms with Gasteiger partial charge in [-0.15, -0.1) is 0 Å². The molecule has 1 saturated heterocycles. The molecule has 2 rings (SSSR count). The maximum absolute atomic E-state index is 12.0. The minimum atomic E-state index is -0.177. The highest BCUT2D eigenvalue weighted by Gasteiger charge is 2.19. The highest BCUT2D eigenvalue weighted by Crippen LogP contribution is 2.25. The number of amides is 1. The van der Waals surface area contributed by atoms with Gasteiger partial charge in [-0.1, -0.05) is 11.6 Å². The second-order valence-electron chi connectivity index (χ2n) is 5.53. The van der Waals surface area contributed by atoms with E-state index in [0.29, 0.717) is 36.2 Å². The van der Waals surface area contributed by atoms with Gasteiger partial charge < -0.3 is 19.7 Å². The molecule has 0 spiro atoms. The van der Waals surface area contributed by atoms with Gasteiger partial charge in [-0.3, -0.25) is 4.79 Å². The third kappa shape index (κ3) is 5.12. The van der Waals surface area contributed by atoms with Gasteiger partial charge in [0.25, 0.3) is 5.91 Å². The Morgan fingerprint density at radius 1 is 1.59 bits per heavy atom. The first-order valence-corrected chi connectivity index (χ1v) is 7.77. The van der Waals surface area contributed by atoms with Crippen LogP contribution in [-0.2, 0) is 4.74 Å². The predicted octanol–water partition coefficient (Wildman–Crippen LogP) is 1.58. The highest BCUT2D eigenvalue weighted by molar-refractivity contribution is 6.32. The zero-order valence-electron chi connectivity index (χ0n) is 13.0. The van der Waals surface area contributed by atoms with Crippen LogP contribution in [0.15, 0.2) is 12.3 Å². The van der Waals surface area contributed by atoms with Crippen molar-refractivity contribution in [1.82, 2.24) is 15.2 Å². The molecule has 6 nitrogen and oxygen atoms in total. The van der Waals surface area contributed by atoms with Crippen molar-refractivity contribution in [2.24, 2.45) is 0 Å². The Morgan fingerprint density at radius 2 is 2.41 bits per heavy atom. The molecule has 0 saturated carbocycles. The van der Waals surface area contributed by atoms with E-state index in [0.717, 1.165) is 19.4 Å². The van der Waals surface area contributed by atoms with E-state index >= 15 is 0 Å². The number of pyridine rings is 1. The molecule has 0 radical (unpaired) electrons. The molecule has 1 aliphatic rings. The van der Waals surface area contributed by atoms with Gasteiger partial charge in [-0.05, 0) is 33.1 Å². The third-order valence-electron chi connectivity index (χ3n) is 3.30. The summed E-state index contributed by atoms with van der Waals surface area (Å²) in [4.78, 5) is 18.2. The van der Waals surface area contributed by atoms with E-state index in [2.05, 4.69) is 15.2 Å². The number of rotatable bonds is 7. The van der Waals surface area contributed by atoms with E-state index < -0.39 is 0 Å². The quantitative estimate of drug-likeness (QED) is 0.770. The summed E-state index contributed by atoms with van der Waals surface area (Å²) < 4.78 is 10.9. The second-order valence-corrected chi connectivity index (χ2v) is 5.93. The second kappa shape index (κ2) is 8.31. The number of hydrogen-bond donors (Lipinski definition) is 1. The summed E-state index contributed by atoms with van der Waals surface area (Å²) in [5, 5.41) is 3.19. The molecule has 1 fully saturated rings. The standard InChI is InChI=1S/C15H22ClN3O3/c1-19(2)6-3-5-17-14(20)11-8-13(16)15(18-9-11)22-12-4-7-21-10-12/h8-9,12H,3-7,10H2,1-2H3,(H,17,20). The molecule has 1 atom stereocenters. The van der Waals surface area contributed by atoms with Crippen molar-refractivity contribution in [3.8, 4) is 5.88 Å². The molecule has 0 bridgehead atoms. The van der Waals surface area contributed by atoms with E-state index in [9.17, 15) is 4.79 Å². The normalized spacial score (nSPS) is 17.7. The van der Waals surface area contributed by atoms with Gasteiger partial charge in [-0.2, -0.15) is 0 Å². The van der Waals surface area contributed by atoms with Crippen molar-refractivity contribution in [2.45, 2.75) is 18.9 Å². The number of nitrogens with one attached hydrogen (secondary N) is 1. The summed E-state index contributed by atoms with van der Waals surface area (Å²) in [6, 6.07) is 1.58. The Hall–Kier alpha value is -1.37. The van der Waals surface area contributed by atoms with Crippen LogP contribution in [0.3, 0.4) is 0 Å². The molecule has 1 aliphatic heterocycles. The van der Waals surface area contributed by atoms with Gasteiger partial charge in [0.1, 0.15) is 11.1 Å². The van der Waals surface area contributed by atoms with Crippen LogP contribution in [0.5, 0.6) is 5.88 Å². The van der Waals surface area contributed by atoms with Crippen LogP contribution in [-0.4, -0.2) is 62.3 Å². The summed E-state index contributed by atoms with van der Waals surface area (Å²) in [5.74, 6) is 0.172. The molecular weight excluding hydrogens is 306 g/mol. The Kier molecular flexibility index (Phi) is 6.42. The SMILES string of the molecule is CN(C)CCCNC(=O)c1cnc(OC2CCOC2)c(Cl)c1. The Morgan fingerprint density at radius 3 is 3.05 bits per heavy atom. The molecule has 1 aromatic heterocycles. The number of ether oxygens (including phenoxy) is 2. The number of hydrogen-bond acceptors (Lipinski definition) is 5. The fourth-order valence-electron chi connectivity index (χ4n) is 2.10. The topological polar surface area (TPSA) is 63.7 Å². The fraction of sp³-hybridized carbons (Fsp3) is 0.600. The van der Waals surface area contributed by atoms with Crippen molar-refractivity contribution >= 4 is 17.5 Å². The molecule has 1 N–H and O–H groups in total. The molecule has 22 heavy (non-hydrogen) atoms. The van der Waals surface area contributed by atoms with Gasteiger partial charge in [0.05, 0.1) is 18.8 Å². The average Bonchev–Trinajstić information content (AvgIpc) is 2.98. The first-order valence-electron chi connectivity index (χ1n) is 7.39. The molecular formula is C15H22ClN3O3. The molecule has 1 aromatic rings. The molecule has 0 aliphatic carbocycles. The largest absolute Gasteiger partial charge is 0.471 e. The van der Waals surface area contributed by atoms with Crippen molar-refractivity contribution < 1.29 is 14.3 Å². The lowest BCUT2D eigenvalue weighted by Gasteiger charge is -2.13. The Bertz CT molecular complexity index is 505. The zero-order chi connectivity index (χ0) is 15.9. The Balaban J connectivity index is 1.86. The Labute approximate surface area is 135 Å². The van der Waals surface area contributed by atoms with Gasteiger partial charge in [0, 0.05) is 19.2 Å². The number of carbonyl (C=O) groups excluding carboxylic acids is 1. The van der Waals surface area contributed by atoms with Crippen molar-refractivity contribution in [3.05, 3.63) is 22.8 Å². The van der Waals surface area contributed by atoms with Gasteiger partial charge >= 0.3 is 0 Å². The average molecular weight is 328 g/mol. The van der Waals surface area contributed by atoms with E-state index in [1.807, 2.05) is 14.1 Å². The highest BCUT2D eigenvalue weighted by atomic mass is 35.5. The zero-order valence-corrected chi connectivity index (χ0v) is 13.7. The summed E-state index contributed by atoms with van der Waals surface area (Å²) in [5.41, 5.74) is 0.435. The molecule has 0 aromatic carbocycles. The van der Waals surface area contributed by atoms with Crippen molar-refractivity contribution in [3.63, 3.8) is 0 Å². The van der Waals surface area contributed by atoms with Crippen LogP contribution >= 0.6 is 11.6 Å². The van der Waals surface area contributed by atoms with Gasteiger partial charge in [0.2, 0.25) is 5.88 Å². The van der Waals surface area contributed by atoms with Crippen LogP contribution in [0.2, 0.25) is 5.02 Å². The molecule has 1 unspecified atom stereocenters. The van der Waals surface area contributed by atoms with E-state index in [1.165, 1.54) is 6.20 Å². The van der Waals surface area contributed by atoms with Crippen LogP contribution < -0.4 is 10.1 Å². The third-order valence-corrected chi connectivity index (χ3v) is 3.57. The van der Waals surface area contributed by atoms with Crippen LogP contribution in [0, 0.1) is 0 Å². The summed E-state index contributed by atoms with van der Waals surface area (Å²) in [7, 11) is 4.00. The van der Waals surface area contributed by atoms with Crippen molar-refractivity contribution in [2.75, 3.05) is 40.4 Å². The minimum Gasteiger partial charge on any atom is -0.471 e. The molecule has 122 valence electrons. The van der Waals surface area contributed by atoms with E-state index in [-0.39, 0.29) is 12.0 Å². The molecule has 7 heteroatoms. The maximum atomic E-state index is 12.0. The lowest BCUT2D eigenvalue weighted by Crippen LogP contribution is -2.27. The number of carbonyl (C=O) groups is 1. The summed E-state index contributed by atoms with van der Waals surface area (Å²) in [6.45, 7) is 2.78. The van der Waals surface area contributed by atoms with Gasteiger partial charge in [-0.25, -0.2) is 4.98 Å². The van der Waals surface area contributed by atoms with Crippen LogP contribution in [0.4, 0.5) is 0 Å². The monoisotopic (exact) mass is 327 g/mol. The summed E-state index contributed by atoms with van der Waals surface area (Å²) in [6.07, 6.45) is 3.18. The smallest absolute Gasteiger partial charge is 0.252 e. The predicted molar refractivity (Wildman–Crippen MR) is 84.6 cm³/mol. The first kappa shape index (κ1) is 17.0. The number of aromatic nitrogens is 1. The molecule has 2 heterocycles. The number of halogens is 1. The van der Waals surface area contributed by atoms with E-state index in [1.54, 1.807) is 6.07 Å². The first-order chi connectivity index (χ1) is 10.6. The van der Waals surface area contributed by atoms with Crippen LogP contribution in [0.25, 0.3) is 0 Å². The molecule has 1 amide bonds. The van der Waals surface area contributed by atoms with Gasteiger partial charge in [0.15, 0.2) is 0 Å². The lowest BCUT2D eigenvalue weighted by atomic mass is 10.2.